The first-order valence-electron chi connectivity index (χ1n) is 6.65. The molecule has 0 saturated carbocycles. The topological polar surface area (TPSA) is 78.6 Å². The van der Waals surface area contributed by atoms with E-state index in [0.29, 0.717) is 25.3 Å². The van der Waals surface area contributed by atoms with Gasteiger partial charge in [-0.2, -0.15) is 0 Å². The molecule has 0 amide bonds. The molecule has 0 radical (unpaired) electrons. The number of anilines is 1. The van der Waals surface area contributed by atoms with Crippen molar-refractivity contribution in [2.45, 2.75) is 32.9 Å². The molecule has 0 bridgehead atoms. The summed E-state index contributed by atoms with van der Waals surface area (Å²) in [5.74, 6) is 0. The van der Waals surface area contributed by atoms with Crippen LogP contribution in [-0.2, 0) is 6.54 Å². The van der Waals surface area contributed by atoms with Crippen molar-refractivity contribution < 1.29 is 10.0 Å². The summed E-state index contributed by atoms with van der Waals surface area (Å²) >= 11 is 0. The van der Waals surface area contributed by atoms with Crippen LogP contribution in [0.2, 0.25) is 0 Å². The molecule has 0 spiro atoms. The number of hydrogen-bond donors (Lipinski definition) is 2. The molecule has 20 heavy (non-hydrogen) atoms. The van der Waals surface area contributed by atoms with Crippen LogP contribution in [0.15, 0.2) is 18.2 Å². The molecule has 0 atom stereocenters. The van der Waals surface area contributed by atoms with Gasteiger partial charge in [-0.05, 0) is 33.4 Å². The molecular weight excluding hydrogens is 258 g/mol. The number of nitro benzene ring substituents is 1. The zero-order valence-electron chi connectivity index (χ0n) is 12.5. The van der Waals surface area contributed by atoms with E-state index in [1.54, 1.807) is 19.9 Å². The molecule has 6 heteroatoms. The third-order valence-electron chi connectivity index (χ3n) is 2.78. The number of benzene rings is 1. The Bertz CT molecular complexity index is 469. The van der Waals surface area contributed by atoms with Gasteiger partial charge in [0.25, 0.3) is 5.69 Å². The first-order valence-corrected chi connectivity index (χ1v) is 6.65. The van der Waals surface area contributed by atoms with Crippen molar-refractivity contribution in [3.8, 4) is 0 Å². The zero-order valence-corrected chi connectivity index (χ0v) is 12.5. The summed E-state index contributed by atoms with van der Waals surface area (Å²) < 4.78 is 0. The van der Waals surface area contributed by atoms with E-state index in [2.05, 4.69) is 5.32 Å². The summed E-state index contributed by atoms with van der Waals surface area (Å²) in [5, 5.41) is 24.0. The lowest BCUT2D eigenvalue weighted by atomic mass is 10.1. The second-order valence-electron chi connectivity index (χ2n) is 5.58. The summed E-state index contributed by atoms with van der Waals surface area (Å²) in [4.78, 5) is 12.6. The van der Waals surface area contributed by atoms with Crippen LogP contribution in [0.3, 0.4) is 0 Å². The van der Waals surface area contributed by atoms with Gasteiger partial charge in [-0.1, -0.05) is 12.1 Å². The van der Waals surface area contributed by atoms with Crippen molar-refractivity contribution >= 4 is 11.4 Å². The SMILES string of the molecule is CCNc1c(CN(C)CC(C)(C)O)cccc1[N+](=O)[O-]. The fourth-order valence-electron chi connectivity index (χ4n) is 2.26. The maximum atomic E-state index is 11.1. The number of hydrogen-bond acceptors (Lipinski definition) is 5. The lowest BCUT2D eigenvalue weighted by Gasteiger charge is -2.26. The Kier molecular flexibility index (Phi) is 5.47. The van der Waals surface area contributed by atoms with Gasteiger partial charge in [0, 0.05) is 25.7 Å². The summed E-state index contributed by atoms with van der Waals surface area (Å²) in [6, 6.07) is 5.05. The smallest absolute Gasteiger partial charge is 0.292 e. The molecule has 0 aromatic heterocycles. The van der Waals surface area contributed by atoms with Gasteiger partial charge in [0.05, 0.1) is 10.5 Å². The van der Waals surface area contributed by atoms with Gasteiger partial charge < -0.3 is 10.4 Å². The number of rotatable bonds is 7. The molecule has 1 rings (SSSR count). The van der Waals surface area contributed by atoms with Gasteiger partial charge in [0.15, 0.2) is 0 Å². The molecule has 0 heterocycles. The third-order valence-corrected chi connectivity index (χ3v) is 2.78. The number of para-hydroxylation sites is 1. The molecule has 1 aromatic carbocycles. The van der Waals surface area contributed by atoms with Crippen LogP contribution in [0.25, 0.3) is 0 Å². The highest BCUT2D eigenvalue weighted by atomic mass is 16.6. The lowest BCUT2D eigenvalue weighted by Crippen LogP contribution is -2.36. The molecule has 0 unspecified atom stereocenters. The maximum Gasteiger partial charge on any atom is 0.292 e. The van der Waals surface area contributed by atoms with Crippen LogP contribution >= 0.6 is 0 Å². The summed E-state index contributed by atoms with van der Waals surface area (Å²) in [6.07, 6.45) is 0. The molecule has 6 nitrogen and oxygen atoms in total. The first-order chi connectivity index (χ1) is 9.24. The number of nitro groups is 1. The number of nitrogens with one attached hydrogen (secondary N) is 1. The van der Waals surface area contributed by atoms with Gasteiger partial charge >= 0.3 is 0 Å². The second-order valence-corrected chi connectivity index (χ2v) is 5.58. The van der Waals surface area contributed by atoms with Gasteiger partial charge in [0.2, 0.25) is 0 Å². The predicted molar refractivity (Wildman–Crippen MR) is 79.9 cm³/mol. The molecule has 2 N–H and O–H groups in total. The lowest BCUT2D eigenvalue weighted by molar-refractivity contribution is -0.384. The Labute approximate surface area is 119 Å². The number of aliphatic hydroxyl groups is 1. The summed E-state index contributed by atoms with van der Waals surface area (Å²) in [6.45, 7) is 7.02. The fraction of sp³-hybridized carbons (Fsp3) is 0.571. The van der Waals surface area contributed by atoms with E-state index in [1.807, 2.05) is 24.9 Å². The Morgan fingerprint density at radius 2 is 2.10 bits per heavy atom. The predicted octanol–water partition coefficient (Wildman–Crippen LogP) is 2.23. The van der Waals surface area contributed by atoms with Crippen LogP contribution in [0.4, 0.5) is 11.4 Å². The van der Waals surface area contributed by atoms with Crippen LogP contribution in [0.1, 0.15) is 26.3 Å². The third kappa shape index (κ3) is 4.79. The van der Waals surface area contributed by atoms with Gasteiger partial charge in [-0.25, -0.2) is 0 Å². The normalized spacial score (nSPS) is 11.7. The van der Waals surface area contributed by atoms with E-state index in [9.17, 15) is 15.2 Å². The average molecular weight is 281 g/mol. The quantitative estimate of drug-likeness (QED) is 0.592. The Balaban J connectivity index is 2.99. The minimum atomic E-state index is -0.798. The summed E-state index contributed by atoms with van der Waals surface area (Å²) in [5.41, 5.74) is 0.699. The standard InChI is InChI=1S/C14H23N3O3/c1-5-15-13-11(7-6-8-12(13)17(19)20)9-16(4)10-14(2,3)18/h6-8,15,18H,5,9-10H2,1-4H3. The van der Waals surface area contributed by atoms with E-state index in [-0.39, 0.29) is 10.6 Å². The molecule has 112 valence electrons. The van der Waals surface area contributed by atoms with E-state index < -0.39 is 5.60 Å². The van der Waals surface area contributed by atoms with Crippen LogP contribution in [0.5, 0.6) is 0 Å². The molecule has 0 aliphatic carbocycles. The van der Waals surface area contributed by atoms with Crippen molar-refractivity contribution in [2.24, 2.45) is 0 Å². The van der Waals surface area contributed by atoms with Gasteiger partial charge in [0.1, 0.15) is 5.69 Å². The van der Waals surface area contributed by atoms with Crippen LogP contribution in [0, 0.1) is 10.1 Å². The summed E-state index contributed by atoms with van der Waals surface area (Å²) in [7, 11) is 1.88. The largest absolute Gasteiger partial charge is 0.389 e. The highest BCUT2D eigenvalue weighted by Crippen LogP contribution is 2.29. The van der Waals surface area contributed by atoms with Crippen molar-refractivity contribution in [1.29, 1.82) is 0 Å². The second kappa shape index (κ2) is 6.67. The molecule has 0 aliphatic rings. The van der Waals surface area contributed by atoms with E-state index in [0.717, 1.165) is 5.56 Å². The minimum absolute atomic E-state index is 0.0843. The van der Waals surface area contributed by atoms with E-state index in [1.165, 1.54) is 6.07 Å². The minimum Gasteiger partial charge on any atom is -0.389 e. The molecule has 0 aliphatic heterocycles. The monoisotopic (exact) mass is 281 g/mol. The fourth-order valence-corrected chi connectivity index (χ4v) is 2.26. The molecular formula is C14H23N3O3. The molecule has 0 saturated heterocycles. The average Bonchev–Trinajstić information content (AvgIpc) is 2.28. The number of likely N-dealkylation sites (N-methyl/N-ethyl adjacent to an activating group) is 1. The first kappa shape index (κ1) is 16.4. The Morgan fingerprint density at radius 1 is 1.45 bits per heavy atom. The van der Waals surface area contributed by atoms with Crippen LogP contribution < -0.4 is 5.32 Å². The molecule has 1 aromatic rings. The van der Waals surface area contributed by atoms with Crippen molar-refractivity contribution in [3.63, 3.8) is 0 Å². The van der Waals surface area contributed by atoms with Crippen molar-refractivity contribution in [3.05, 3.63) is 33.9 Å². The maximum absolute atomic E-state index is 11.1. The zero-order chi connectivity index (χ0) is 15.3. The Hall–Kier alpha value is -1.66. The number of nitrogens with zero attached hydrogens (tertiary/aromatic N) is 2. The van der Waals surface area contributed by atoms with Gasteiger partial charge in [-0.3, -0.25) is 15.0 Å². The Morgan fingerprint density at radius 3 is 2.60 bits per heavy atom. The highest BCUT2D eigenvalue weighted by molar-refractivity contribution is 5.66. The van der Waals surface area contributed by atoms with Crippen LogP contribution in [-0.4, -0.2) is 40.7 Å². The van der Waals surface area contributed by atoms with E-state index in [4.69, 9.17) is 0 Å². The molecule has 0 fully saturated rings. The van der Waals surface area contributed by atoms with Gasteiger partial charge in [-0.15, -0.1) is 0 Å². The van der Waals surface area contributed by atoms with Crippen molar-refractivity contribution in [2.75, 3.05) is 25.5 Å². The highest BCUT2D eigenvalue weighted by Gasteiger charge is 2.20. The van der Waals surface area contributed by atoms with E-state index >= 15 is 0 Å². The van der Waals surface area contributed by atoms with Crippen molar-refractivity contribution in [1.82, 2.24) is 4.90 Å².